The minimum Gasteiger partial charge on any atom is -0.394 e. The van der Waals surface area contributed by atoms with Gasteiger partial charge in [0.1, 0.15) is 91.6 Å². The molecule has 14 N–H and O–H groups in total. The SMILES string of the molecule is CC(C)/C(=C/CO)CC[C@@H](C)[C@H]1C[C@@H](O)[C@H]2C3=CC[C@H]4C[C@@H](O[C@@H]5O[C@H](CO)[C@@H](O[C@@H]6O[C@H](CO)[C@H](O)[C@H](O)[C@H]6O)[C@H](O[C@@H]6OC[C@@H](O)[C@@H](O[C@@H]7O[C@H](CO)[C@H](O)[C@H](O)[C@H]7O)[C@@H]6O)[C@H]5O)CC[C@]4(C)[C@H]3CC[C@]12C. The summed E-state index contributed by atoms with van der Waals surface area (Å²) < 4.78 is 47.7. The molecule has 74 heavy (non-hydrogen) atoms. The van der Waals surface area contributed by atoms with Crippen LogP contribution in [0, 0.1) is 46.3 Å². The van der Waals surface area contributed by atoms with Crippen molar-refractivity contribution in [1.29, 1.82) is 0 Å². The number of aliphatic hydroxyl groups is 14. The molecule has 0 unspecified atom stereocenters. The second-order valence-corrected chi connectivity index (χ2v) is 23.5. The Hall–Kier alpha value is -1.40. The van der Waals surface area contributed by atoms with E-state index in [2.05, 4.69) is 40.7 Å². The van der Waals surface area contributed by atoms with Crippen molar-refractivity contribution in [2.24, 2.45) is 46.3 Å². The lowest BCUT2D eigenvalue weighted by atomic mass is 9.47. The van der Waals surface area contributed by atoms with Crippen molar-refractivity contribution < 1.29 is 109 Å². The highest BCUT2D eigenvalue weighted by molar-refractivity contribution is 5.29. The van der Waals surface area contributed by atoms with Crippen molar-refractivity contribution in [3.63, 3.8) is 0 Å². The third-order valence-electron chi connectivity index (χ3n) is 18.9. The molecule has 0 aromatic heterocycles. The number of rotatable bonds is 17. The highest BCUT2D eigenvalue weighted by Crippen LogP contribution is 2.67. The smallest absolute Gasteiger partial charge is 0.187 e. The van der Waals surface area contributed by atoms with Gasteiger partial charge in [-0.25, -0.2) is 0 Å². The quantitative estimate of drug-likeness (QED) is 0.0689. The van der Waals surface area contributed by atoms with Gasteiger partial charge >= 0.3 is 0 Å². The molecular formula is C52H86O22. The molecule has 8 rings (SSSR count). The molecular weight excluding hydrogens is 977 g/mol. The molecule has 4 aliphatic carbocycles. The second kappa shape index (κ2) is 24.1. The van der Waals surface area contributed by atoms with Crippen LogP contribution < -0.4 is 0 Å². The fraction of sp³-hybridized carbons (Fsp3) is 0.923. The molecule has 4 aliphatic heterocycles. The molecule has 426 valence electrons. The van der Waals surface area contributed by atoms with Gasteiger partial charge in [0.25, 0.3) is 0 Å². The van der Waals surface area contributed by atoms with Gasteiger partial charge in [-0.1, -0.05) is 57.9 Å². The molecule has 28 atom stereocenters. The average molecular weight is 1060 g/mol. The Labute approximate surface area is 432 Å². The lowest BCUT2D eigenvalue weighted by Gasteiger charge is -2.58. The number of hydrogen-bond acceptors (Lipinski definition) is 22. The standard InChI is InChI=1S/C52H86O22/c1-22(2)24(12-15-53)7-6-23(3)29-17-30(57)35-27-9-8-25-16-26(10-13-51(25,4)28(27)11-14-52(29,35)5)68-50-43(66)46(45(34(20-56)71-50)73-49-41(64)39(62)37(60)33(19-55)70-49)74-47-42(65)44(31(58)21-67-47)72-48-40(63)38(61)36(59)32(18-54)69-48/h9,12,22-23,25-26,28-50,53-66H,6-8,10-11,13-21H2,1-5H3/b24-12+/t23-,25+,26+,28+,29-,30-,31-,32-,33-,34-,35-,36+,37+,38+,39+,40-,41-,42+,43-,44-,45-,46-,47+,48+,49+,50-,51+,52-/m1/s1. The lowest BCUT2D eigenvalue weighted by Crippen LogP contribution is -2.67. The van der Waals surface area contributed by atoms with Gasteiger partial charge in [-0.15, -0.1) is 0 Å². The van der Waals surface area contributed by atoms with Crippen molar-refractivity contribution in [2.45, 2.75) is 221 Å². The molecule has 0 bridgehead atoms. The van der Waals surface area contributed by atoms with Crippen LogP contribution >= 0.6 is 0 Å². The van der Waals surface area contributed by atoms with E-state index in [4.69, 9.17) is 37.9 Å². The van der Waals surface area contributed by atoms with E-state index in [0.717, 1.165) is 44.9 Å². The van der Waals surface area contributed by atoms with Gasteiger partial charge in [-0.05, 0) is 98.2 Å². The van der Waals surface area contributed by atoms with E-state index < -0.39 is 155 Å². The molecule has 0 spiro atoms. The van der Waals surface area contributed by atoms with E-state index in [-0.39, 0.29) is 35.2 Å². The molecule has 0 radical (unpaired) electrons. The summed E-state index contributed by atoms with van der Waals surface area (Å²) >= 11 is 0. The highest BCUT2D eigenvalue weighted by atomic mass is 16.8. The minimum atomic E-state index is -1.95. The second-order valence-electron chi connectivity index (χ2n) is 23.5. The molecule has 0 amide bonds. The maximum atomic E-state index is 12.3. The zero-order valence-electron chi connectivity index (χ0n) is 43.2. The van der Waals surface area contributed by atoms with E-state index in [1.165, 1.54) is 11.1 Å². The third kappa shape index (κ3) is 11.2. The first-order valence-electron chi connectivity index (χ1n) is 26.9. The first-order valence-corrected chi connectivity index (χ1v) is 26.9. The summed E-state index contributed by atoms with van der Waals surface area (Å²) in [6.07, 6.45) is -21.7. The summed E-state index contributed by atoms with van der Waals surface area (Å²) in [6, 6.07) is 0. The number of ether oxygens (including phenoxy) is 8. The summed E-state index contributed by atoms with van der Waals surface area (Å²) in [5, 5.41) is 150. The Morgan fingerprint density at radius 1 is 0.622 bits per heavy atom. The van der Waals surface area contributed by atoms with Crippen LogP contribution in [0.25, 0.3) is 0 Å². The topological polar surface area (TPSA) is 357 Å². The van der Waals surface area contributed by atoms with Crippen LogP contribution in [0.4, 0.5) is 0 Å². The Balaban J connectivity index is 0.987. The number of allylic oxidation sites excluding steroid dienone is 2. The Bertz CT molecular complexity index is 1890. The van der Waals surface area contributed by atoms with Crippen molar-refractivity contribution in [2.75, 3.05) is 33.0 Å². The number of fused-ring (bicyclic) bond motifs is 5. The Morgan fingerprint density at radius 2 is 1.18 bits per heavy atom. The molecule has 3 saturated carbocycles. The van der Waals surface area contributed by atoms with Crippen LogP contribution in [0.5, 0.6) is 0 Å². The van der Waals surface area contributed by atoms with E-state index in [1.807, 2.05) is 6.08 Å². The van der Waals surface area contributed by atoms with Crippen molar-refractivity contribution in [3.05, 3.63) is 23.3 Å². The fourth-order valence-corrected chi connectivity index (χ4v) is 14.5. The van der Waals surface area contributed by atoms with Gasteiger partial charge in [-0.2, -0.15) is 0 Å². The van der Waals surface area contributed by atoms with Crippen LogP contribution in [0.3, 0.4) is 0 Å². The van der Waals surface area contributed by atoms with Crippen LogP contribution in [0.2, 0.25) is 0 Å². The molecule has 8 aliphatic rings. The largest absolute Gasteiger partial charge is 0.394 e. The van der Waals surface area contributed by atoms with Gasteiger partial charge in [0.2, 0.25) is 0 Å². The van der Waals surface area contributed by atoms with Gasteiger partial charge in [0, 0.05) is 5.92 Å². The van der Waals surface area contributed by atoms with Gasteiger partial charge in [0.15, 0.2) is 25.2 Å². The number of hydrogen-bond donors (Lipinski definition) is 14. The molecule has 0 aromatic rings. The van der Waals surface area contributed by atoms with Gasteiger partial charge in [0.05, 0.1) is 45.2 Å². The molecule has 0 aromatic carbocycles. The minimum absolute atomic E-state index is 0.0319. The van der Waals surface area contributed by atoms with Gasteiger partial charge < -0.3 is 109 Å². The Morgan fingerprint density at radius 3 is 1.77 bits per heavy atom. The zero-order valence-corrected chi connectivity index (χ0v) is 43.2. The maximum Gasteiger partial charge on any atom is 0.187 e. The van der Waals surface area contributed by atoms with E-state index in [9.17, 15) is 71.5 Å². The fourth-order valence-electron chi connectivity index (χ4n) is 14.5. The lowest BCUT2D eigenvalue weighted by molar-refractivity contribution is -0.391. The van der Waals surface area contributed by atoms with Crippen molar-refractivity contribution in [3.8, 4) is 0 Å². The van der Waals surface area contributed by atoms with Crippen LogP contribution in [0.15, 0.2) is 23.3 Å². The van der Waals surface area contributed by atoms with Crippen molar-refractivity contribution >= 4 is 0 Å². The van der Waals surface area contributed by atoms with E-state index in [1.54, 1.807) is 0 Å². The molecule has 4 heterocycles. The third-order valence-corrected chi connectivity index (χ3v) is 18.9. The summed E-state index contributed by atoms with van der Waals surface area (Å²) in [6.45, 7) is 8.46. The highest BCUT2D eigenvalue weighted by Gasteiger charge is 2.62. The molecule has 22 nitrogen and oxygen atoms in total. The molecule has 7 fully saturated rings. The summed E-state index contributed by atoms with van der Waals surface area (Å²) in [7, 11) is 0. The summed E-state index contributed by atoms with van der Waals surface area (Å²) in [4.78, 5) is 0. The monoisotopic (exact) mass is 1060 g/mol. The predicted molar refractivity (Wildman–Crippen MR) is 256 cm³/mol. The normalized spacial score (nSPS) is 50.5. The average Bonchev–Trinajstić information content (AvgIpc) is 3.66. The first-order chi connectivity index (χ1) is 35.1. The van der Waals surface area contributed by atoms with Gasteiger partial charge in [-0.3, -0.25) is 0 Å². The van der Waals surface area contributed by atoms with Crippen LogP contribution in [-0.4, -0.2) is 233 Å². The first kappa shape index (κ1) is 58.7. The number of aliphatic hydroxyl groups excluding tert-OH is 14. The molecule has 4 saturated heterocycles. The summed E-state index contributed by atoms with van der Waals surface area (Å²) in [5.74, 6) is 1.58. The Kier molecular flexibility index (Phi) is 19.2. The van der Waals surface area contributed by atoms with Crippen LogP contribution in [0.1, 0.15) is 92.4 Å². The van der Waals surface area contributed by atoms with E-state index >= 15 is 0 Å². The summed E-state index contributed by atoms with van der Waals surface area (Å²) in [5.41, 5.74) is 2.46. The molecule has 22 heteroatoms. The van der Waals surface area contributed by atoms with Crippen molar-refractivity contribution in [1.82, 2.24) is 0 Å². The van der Waals surface area contributed by atoms with Crippen LogP contribution in [-0.2, 0) is 37.9 Å². The van der Waals surface area contributed by atoms with E-state index in [0.29, 0.717) is 30.6 Å². The maximum absolute atomic E-state index is 12.3. The predicted octanol–water partition coefficient (Wildman–Crippen LogP) is -2.18. The zero-order chi connectivity index (χ0) is 53.7.